The molecular formula is C13H16ClN3O2. The third-order valence-electron chi connectivity index (χ3n) is 3.18. The van der Waals surface area contributed by atoms with Crippen molar-refractivity contribution in [2.45, 2.75) is 0 Å². The van der Waals surface area contributed by atoms with E-state index in [0.29, 0.717) is 12.3 Å². The Balaban J connectivity index is 0.00000133. The number of furan rings is 1. The lowest BCUT2D eigenvalue weighted by atomic mass is 10.2. The summed E-state index contributed by atoms with van der Waals surface area (Å²) in [6.07, 6.45) is 0.620. The zero-order valence-electron chi connectivity index (χ0n) is 10.4. The van der Waals surface area contributed by atoms with Gasteiger partial charge in [0.25, 0.3) is 0 Å². The summed E-state index contributed by atoms with van der Waals surface area (Å²) in [6, 6.07) is 7.94. The Hall–Kier alpha value is -1.72. The average Bonchev–Trinajstić information content (AvgIpc) is 2.81. The summed E-state index contributed by atoms with van der Waals surface area (Å²) in [5, 5.41) is 6.87. The molecule has 0 aliphatic carbocycles. The topological polar surface area (TPSA) is 57.5 Å². The van der Waals surface area contributed by atoms with E-state index in [9.17, 15) is 4.79 Å². The highest BCUT2D eigenvalue weighted by molar-refractivity contribution is 5.86. The van der Waals surface area contributed by atoms with Gasteiger partial charge in [-0.3, -0.25) is 10.1 Å². The molecular weight excluding hydrogens is 266 g/mol. The van der Waals surface area contributed by atoms with Crippen molar-refractivity contribution in [1.82, 2.24) is 5.32 Å². The lowest BCUT2D eigenvalue weighted by Crippen LogP contribution is -2.43. The summed E-state index contributed by atoms with van der Waals surface area (Å²) in [4.78, 5) is 12.7. The van der Waals surface area contributed by atoms with Gasteiger partial charge in [-0.25, -0.2) is 0 Å². The fourth-order valence-corrected chi connectivity index (χ4v) is 2.28. The lowest BCUT2D eigenvalue weighted by molar-refractivity contribution is -0.105. The number of carbonyl (C=O) groups is 1. The van der Waals surface area contributed by atoms with Crippen LogP contribution in [-0.2, 0) is 4.79 Å². The number of benzene rings is 1. The normalized spacial score (nSPS) is 15.1. The highest BCUT2D eigenvalue weighted by Crippen LogP contribution is 2.27. The zero-order chi connectivity index (χ0) is 12.4. The van der Waals surface area contributed by atoms with Gasteiger partial charge < -0.3 is 14.6 Å². The predicted molar refractivity (Wildman–Crippen MR) is 78.2 cm³/mol. The molecule has 2 heterocycles. The third kappa shape index (κ3) is 2.83. The minimum Gasteiger partial charge on any atom is -0.440 e. The SMILES string of the molecule is Cl.O=CNc1cc2cc(N3CCNCC3)ccc2o1. The van der Waals surface area contributed by atoms with Crippen LogP contribution in [-0.4, -0.2) is 32.6 Å². The van der Waals surface area contributed by atoms with Gasteiger partial charge in [0.1, 0.15) is 5.58 Å². The molecule has 0 spiro atoms. The molecule has 2 N–H and O–H groups in total. The van der Waals surface area contributed by atoms with E-state index >= 15 is 0 Å². The number of anilines is 2. The molecule has 1 aliphatic heterocycles. The van der Waals surface area contributed by atoms with E-state index in [0.717, 1.165) is 37.1 Å². The van der Waals surface area contributed by atoms with Gasteiger partial charge in [-0.2, -0.15) is 0 Å². The van der Waals surface area contributed by atoms with Crippen LogP contribution in [0, 0.1) is 0 Å². The highest BCUT2D eigenvalue weighted by atomic mass is 35.5. The number of rotatable bonds is 3. The van der Waals surface area contributed by atoms with Crippen molar-refractivity contribution < 1.29 is 9.21 Å². The summed E-state index contributed by atoms with van der Waals surface area (Å²) in [7, 11) is 0. The van der Waals surface area contributed by atoms with Crippen molar-refractivity contribution in [1.29, 1.82) is 0 Å². The van der Waals surface area contributed by atoms with Crippen LogP contribution in [0.4, 0.5) is 11.6 Å². The largest absolute Gasteiger partial charge is 0.440 e. The van der Waals surface area contributed by atoms with E-state index in [1.807, 2.05) is 12.1 Å². The van der Waals surface area contributed by atoms with Gasteiger partial charge in [-0.1, -0.05) is 0 Å². The molecule has 0 saturated carbocycles. The first kappa shape index (κ1) is 13.7. The zero-order valence-corrected chi connectivity index (χ0v) is 11.2. The number of halogens is 1. The summed E-state index contributed by atoms with van der Waals surface area (Å²) in [6.45, 7) is 4.06. The van der Waals surface area contributed by atoms with Crippen molar-refractivity contribution >= 4 is 41.4 Å². The van der Waals surface area contributed by atoms with Crippen LogP contribution in [0.1, 0.15) is 0 Å². The standard InChI is InChI=1S/C13H15N3O2.ClH/c17-9-15-13-8-10-7-11(1-2-12(10)18-13)16-5-3-14-4-6-16;/h1-2,7-9,14H,3-6H2,(H,15,17);1H. The fraction of sp³-hybridized carbons (Fsp3) is 0.308. The van der Waals surface area contributed by atoms with Gasteiger partial charge in [0.05, 0.1) is 0 Å². The third-order valence-corrected chi connectivity index (χ3v) is 3.18. The Labute approximate surface area is 117 Å². The number of piperazine rings is 1. The van der Waals surface area contributed by atoms with E-state index in [-0.39, 0.29) is 12.4 Å². The van der Waals surface area contributed by atoms with E-state index in [2.05, 4.69) is 27.7 Å². The summed E-state index contributed by atoms with van der Waals surface area (Å²) < 4.78 is 5.48. The van der Waals surface area contributed by atoms with Gasteiger partial charge in [0.2, 0.25) is 12.3 Å². The quantitative estimate of drug-likeness (QED) is 0.843. The van der Waals surface area contributed by atoms with E-state index in [4.69, 9.17) is 4.42 Å². The van der Waals surface area contributed by atoms with E-state index < -0.39 is 0 Å². The molecule has 6 heteroatoms. The molecule has 5 nitrogen and oxygen atoms in total. The Bertz CT molecular complexity index is 564. The number of nitrogens with one attached hydrogen (secondary N) is 2. The molecule has 1 fully saturated rings. The first-order chi connectivity index (χ1) is 8.86. The molecule has 1 saturated heterocycles. The van der Waals surface area contributed by atoms with Crippen LogP contribution in [0.5, 0.6) is 0 Å². The van der Waals surface area contributed by atoms with Crippen molar-refractivity contribution in [2.24, 2.45) is 0 Å². The van der Waals surface area contributed by atoms with Crippen LogP contribution < -0.4 is 15.5 Å². The number of hydrogen-bond donors (Lipinski definition) is 2. The second-order valence-corrected chi connectivity index (χ2v) is 4.33. The Kier molecular flexibility index (Phi) is 4.29. The minimum absolute atomic E-state index is 0. The van der Waals surface area contributed by atoms with Crippen LogP contribution in [0.15, 0.2) is 28.7 Å². The second kappa shape index (κ2) is 5.95. The Morgan fingerprint density at radius 2 is 2.05 bits per heavy atom. The number of carbonyl (C=O) groups excluding carboxylic acids is 1. The molecule has 0 bridgehead atoms. The van der Waals surface area contributed by atoms with Gasteiger partial charge in [-0.05, 0) is 18.2 Å². The summed E-state index contributed by atoms with van der Waals surface area (Å²) in [5.74, 6) is 0.484. The highest BCUT2D eigenvalue weighted by Gasteiger charge is 2.12. The molecule has 3 rings (SSSR count). The first-order valence-electron chi connectivity index (χ1n) is 6.06. The van der Waals surface area contributed by atoms with Crippen molar-refractivity contribution in [3.63, 3.8) is 0 Å². The van der Waals surface area contributed by atoms with Gasteiger partial charge in [-0.15, -0.1) is 12.4 Å². The van der Waals surface area contributed by atoms with Crippen LogP contribution >= 0.6 is 12.4 Å². The van der Waals surface area contributed by atoms with Gasteiger partial charge in [0, 0.05) is 43.3 Å². The molecule has 19 heavy (non-hydrogen) atoms. The minimum atomic E-state index is 0. The lowest BCUT2D eigenvalue weighted by Gasteiger charge is -2.29. The van der Waals surface area contributed by atoms with Crippen molar-refractivity contribution in [3.05, 3.63) is 24.3 Å². The summed E-state index contributed by atoms with van der Waals surface area (Å²) >= 11 is 0. The molecule has 1 aromatic heterocycles. The first-order valence-corrected chi connectivity index (χ1v) is 6.06. The van der Waals surface area contributed by atoms with Crippen LogP contribution in [0.2, 0.25) is 0 Å². The van der Waals surface area contributed by atoms with Gasteiger partial charge >= 0.3 is 0 Å². The number of nitrogens with zero attached hydrogens (tertiary/aromatic N) is 1. The predicted octanol–water partition coefficient (Wildman–Crippen LogP) is 1.83. The van der Waals surface area contributed by atoms with Crippen molar-refractivity contribution in [2.75, 3.05) is 36.4 Å². The van der Waals surface area contributed by atoms with E-state index in [1.54, 1.807) is 0 Å². The number of fused-ring (bicyclic) bond motifs is 1. The second-order valence-electron chi connectivity index (χ2n) is 4.33. The summed E-state index contributed by atoms with van der Waals surface area (Å²) in [5.41, 5.74) is 1.99. The van der Waals surface area contributed by atoms with Crippen LogP contribution in [0.25, 0.3) is 11.0 Å². The van der Waals surface area contributed by atoms with Gasteiger partial charge in [0.15, 0.2) is 0 Å². The number of hydrogen-bond acceptors (Lipinski definition) is 4. The van der Waals surface area contributed by atoms with E-state index in [1.165, 1.54) is 5.69 Å². The molecule has 0 unspecified atom stereocenters. The maximum absolute atomic E-state index is 10.4. The smallest absolute Gasteiger partial charge is 0.213 e. The number of amides is 1. The molecule has 102 valence electrons. The fourth-order valence-electron chi connectivity index (χ4n) is 2.28. The molecule has 1 aromatic carbocycles. The Morgan fingerprint density at radius 1 is 1.26 bits per heavy atom. The Morgan fingerprint density at radius 3 is 2.79 bits per heavy atom. The molecule has 0 radical (unpaired) electrons. The van der Waals surface area contributed by atoms with Crippen molar-refractivity contribution in [3.8, 4) is 0 Å². The molecule has 0 atom stereocenters. The maximum atomic E-state index is 10.4. The molecule has 1 aliphatic rings. The maximum Gasteiger partial charge on any atom is 0.213 e. The average molecular weight is 282 g/mol. The monoisotopic (exact) mass is 281 g/mol. The molecule has 2 aromatic rings. The molecule has 1 amide bonds. The van der Waals surface area contributed by atoms with Crippen LogP contribution in [0.3, 0.4) is 0 Å².